The smallest absolute Gasteiger partial charge is 0.319 e. The lowest BCUT2D eigenvalue weighted by Gasteiger charge is -2.32. The fraction of sp³-hybridized carbons (Fsp3) is 0.650. The normalized spacial score (nSPS) is 18.9. The topological polar surface area (TPSA) is 53.6 Å². The predicted octanol–water partition coefficient (Wildman–Crippen LogP) is 3.61. The number of nitrogens with one attached hydrogen (secondary N) is 2. The molecule has 0 unspecified atom stereocenters. The van der Waals surface area contributed by atoms with E-state index in [4.69, 9.17) is 4.74 Å². The van der Waals surface area contributed by atoms with E-state index in [-0.39, 0.29) is 12.1 Å². The molecule has 0 atom stereocenters. The second-order valence-electron chi connectivity index (χ2n) is 7.37. The van der Waals surface area contributed by atoms with E-state index in [9.17, 15) is 4.79 Å². The summed E-state index contributed by atoms with van der Waals surface area (Å²) in [7, 11) is 0. The van der Waals surface area contributed by atoms with Gasteiger partial charge in [-0.15, -0.1) is 0 Å². The average molecular weight is 345 g/mol. The number of hydrogen-bond donors (Lipinski definition) is 2. The van der Waals surface area contributed by atoms with Crippen molar-refractivity contribution in [2.75, 3.05) is 31.6 Å². The maximum Gasteiger partial charge on any atom is 0.319 e. The van der Waals surface area contributed by atoms with Crippen LogP contribution in [-0.2, 0) is 11.3 Å². The van der Waals surface area contributed by atoms with Crippen molar-refractivity contribution in [3.63, 3.8) is 0 Å². The minimum Gasteiger partial charge on any atom is -0.376 e. The fourth-order valence-electron chi connectivity index (χ4n) is 3.34. The van der Waals surface area contributed by atoms with Crippen LogP contribution in [0.3, 0.4) is 0 Å². The zero-order valence-electron chi connectivity index (χ0n) is 15.3. The van der Waals surface area contributed by atoms with Crippen LogP contribution in [0.1, 0.15) is 44.6 Å². The number of urea groups is 1. The van der Waals surface area contributed by atoms with Crippen molar-refractivity contribution < 1.29 is 9.53 Å². The van der Waals surface area contributed by atoms with Gasteiger partial charge in [0.25, 0.3) is 0 Å². The summed E-state index contributed by atoms with van der Waals surface area (Å²) in [4.78, 5) is 14.7. The van der Waals surface area contributed by atoms with Gasteiger partial charge in [-0.25, -0.2) is 4.79 Å². The van der Waals surface area contributed by atoms with Gasteiger partial charge < -0.3 is 20.3 Å². The second kappa shape index (κ2) is 9.20. The first-order valence-corrected chi connectivity index (χ1v) is 9.69. The predicted molar refractivity (Wildman–Crippen MR) is 101 cm³/mol. The number of benzene rings is 1. The average Bonchev–Trinajstić information content (AvgIpc) is 3.41. The molecule has 1 saturated heterocycles. The molecule has 2 aliphatic rings. The van der Waals surface area contributed by atoms with E-state index in [1.807, 2.05) is 24.3 Å². The Bertz CT molecular complexity index is 552. The first kappa shape index (κ1) is 18.2. The van der Waals surface area contributed by atoms with Crippen LogP contribution >= 0.6 is 0 Å². The summed E-state index contributed by atoms with van der Waals surface area (Å²) < 4.78 is 5.72. The maximum atomic E-state index is 12.2. The van der Waals surface area contributed by atoms with Gasteiger partial charge in [0.2, 0.25) is 0 Å². The highest BCUT2D eigenvalue weighted by Gasteiger charge is 2.21. The van der Waals surface area contributed by atoms with Crippen LogP contribution in [0.15, 0.2) is 24.3 Å². The number of anilines is 1. The zero-order valence-corrected chi connectivity index (χ0v) is 15.3. The van der Waals surface area contributed by atoms with E-state index >= 15 is 0 Å². The standard InChI is InChI=1S/C20H31N3O2/c1-2-10-23-11-8-18(9-12-23)21-20(24)22-19-5-3-4-17(13-19)15-25-14-16-6-7-16/h3-5,13,16,18H,2,6-12,14-15H2,1H3,(H2,21,22,24). The molecule has 1 saturated carbocycles. The number of rotatable bonds is 8. The van der Waals surface area contributed by atoms with Crippen molar-refractivity contribution in [2.45, 2.75) is 51.7 Å². The molecule has 1 aliphatic heterocycles. The lowest BCUT2D eigenvalue weighted by atomic mass is 10.1. The molecule has 0 aromatic heterocycles. The molecule has 0 radical (unpaired) electrons. The molecule has 2 N–H and O–H groups in total. The van der Waals surface area contributed by atoms with Gasteiger partial charge in [0, 0.05) is 31.4 Å². The highest BCUT2D eigenvalue weighted by atomic mass is 16.5. The largest absolute Gasteiger partial charge is 0.376 e. The Morgan fingerprint density at radius 1 is 1.24 bits per heavy atom. The molecule has 1 heterocycles. The molecule has 2 amide bonds. The third-order valence-corrected chi connectivity index (χ3v) is 4.97. The van der Waals surface area contributed by atoms with Gasteiger partial charge in [-0.05, 0) is 62.3 Å². The van der Waals surface area contributed by atoms with Crippen LogP contribution in [0.4, 0.5) is 10.5 Å². The van der Waals surface area contributed by atoms with E-state index < -0.39 is 0 Å². The summed E-state index contributed by atoms with van der Waals surface area (Å²) >= 11 is 0. The molecule has 1 aromatic carbocycles. The molecular weight excluding hydrogens is 314 g/mol. The van der Waals surface area contributed by atoms with Gasteiger partial charge in [-0.2, -0.15) is 0 Å². The first-order chi connectivity index (χ1) is 12.2. The highest BCUT2D eigenvalue weighted by Crippen LogP contribution is 2.29. The molecule has 25 heavy (non-hydrogen) atoms. The first-order valence-electron chi connectivity index (χ1n) is 9.69. The summed E-state index contributed by atoms with van der Waals surface area (Å²) in [5.41, 5.74) is 1.93. The van der Waals surface area contributed by atoms with Crippen molar-refractivity contribution in [1.29, 1.82) is 0 Å². The van der Waals surface area contributed by atoms with E-state index in [0.29, 0.717) is 6.61 Å². The number of amides is 2. The van der Waals surface area contributed by atoms with Crippen LogP contribution in [-0.4, -0.2) is 43.2 Å². The molecule has 1 aliphatic carbocycles. The van der Waals surface area contributed by atoms with Crippen molar-refractivity contribution in [2.24, 2.45) is 5.92 Å². The van der Waals surface area contributed by atoms with Crippen molar-refractivity contribution in [3.05, 3.63) is 29.8 Å². The van der Waals surface area contributed by atoms with Crippen molar-refractivity contribution in [3.8, 4) is 0 Å². The molecule has 2 fully saturated rings. The molecule has 1 aromatic rings. The third kappa shape index (κ3) is 6.33. The minimum absolute atomic E-state index is 0.106. The van der Waals surface area contributed by atoms with Gasteiger partial charge in [-0.1, -0.05) is 19.1 Å². The van der Waals surface area contributed by atoms with E-state index in [1.54, 1.807) is 0 Å². The SMILES string of the molecule is CCCN1CCC(NC(=O)Nc2cccc(COCC3CC3)c2)CC1. The van der Waals surface area contributed by atoms with Crippen molar-refractivity contribution in [1.82, 2.24) is 10.2 Å². The van der Waals surface area contributed by atoms with Crippen LogP contribution < -0.4 is 10.6 Å². The summed E-state index contributed by atoms with van der Waals surface area (Å²) in [6, 6.07) is 8.10. The quantitative estimate of drug-likeness (QED) is 0.757. The molecule has 3 rings (SSSR count). The van der Waals surface area contributed by atoms with E-state index in [2.05, 4.69) is 22.5 Å². The number of nitrogens with zero attached hydrogens (tertiary/aromatic N) is 1. The van der Waals surface area contributed by atoms with Crippen molar-refractivity contribution >= 4 is 11.7 Å². The number of piperidine rings is 1. The molecule has 0 spiro atoms. The zero-order chi connectivity index (χ0) is 17.5. The van der Waals surface area contributed by atoms with E-state index in [1.165, 1.54) is 19.3 Å². The van der Waals surface area contributed by atoms with E-state index in [0.717, 1.165) is 56.3 Å². The molecular formula is C20H31N3O2. The van der Waals surface area contributed by atoms with Gasteiger partial charge in [0.15, 0.2) is 0 Å². The monoisotopic (exact) mass is 345 g/mol. The fourth-order valence-corrected chi connectivity index (χ4v) is 3.34. The summed E-state index contributed by atoms with van der Waals surface area (Å²) in [6.07, 6.45) is 5.86. The Morgan fingerprint density at radius 2 is 2.04 bits per heavy atom. The van der Waals surface area contributed by atoms with Crippen LogP contribution in [0.5, 0.6) is 0 Å². The van der Waals surface area contributed by atoms with Gasteiger partial charge in [0.05, 0.1) is 6.61 Å². The minimum atomic E-state index is -0.106. The Balaban J connectivity index is 1.39. The van der Waals surface area contributed by atoms with Crippen LogP contribution in [0.2, 0.25) is 0 Å². The Labute approximate surface area is 151 Å². The summed E-state index contributed by atoms with van der Waals surface area (Å²) in [6.45, 7) is 7.00. The maximum absolute atomic E-state index is 12.2. The van der Waals surface area contributed by atoms with Crippen LogP contribution in [0.25, 0.3) is 0 Å². The summed E-state index contributed by atoms with van der Waals surface area (Å²) in [5, 5.41) is 6.07. The Morgan fingerprint density at radius 3 is 2.76 bits per heavy atom. The molecule has 0 bridgehead atoms. The third-order valence-electron chi connectivity index (χ3n) is 4.97. The summed E-state index contributed by atoms with van der Waals surface area (Å²) in [5.74, 6) is 0.774. The lowest BCUT2D eigenvalue weighted by molar-refractivity contribution is 0.111. The van der Waals surface area contributed by atoms with Crippen LogP contribution in [0, 0.1) is 5.92 Å². The second-order valence-corrected chi connectivity index (χ2v) is 7.37. The van der Waals surface area contributed by atoms with Gasteiger partial charge >= 0.3 is 6.03 Å². The molecule has 138 valence electrons. The number of ether oxygens (including phenoxy) is 1. The number of carbonyl (C=O) groups excluding carboxylic acids is 1. The molecule has 5 nitrogen and oxygen atoms in total. The lowest BCUT2D eigenvalue weighted by Crippen LogP contribution is -2.46. The Hall–Kier alpha value is -1.59. The number of likely N-dealkylation sites (tertiary alicyclic amines) is 1. The number of carbonyl (C=O) groups is 1. The Kier molecular flexibility index (Phi) is 6.70. The molecule has 5 heteroatoms. The highest BCUT2D eigenvalue weighted by molar-refractivity contribution is 5.89. The number of hydrogen-bond acceptors (Lipinski definition) is 3. The van der Waals surface area contributed by atoms with Gasteiger partial charge in [-0.3, -0.25) is 0 Å². The van der Waals surface area contributed by atoms with Gasteiger partial charge in [0.1, 0.15) is 0 Å².